The van der Waals surface area contributed by atoms with Crippen molar-refractivity contribution in [1.82, 2.24) is 19.3 Å². The first-order chi connectivity index (χ1) is 6.25. The van der Waals surface area contributed by atoms with Crippen molar-refractivity contribution in [3.63, 3.8) is 0 Å². The fraction of sp³-hybridized carbons (Fsp3) is 0.250. The van der Waals surface area contributed by atoms with E-state index < -0.39 is 0 Å². The SMILES string of the molecule is Cn1nc(N)cc1Cn1ccnc1. The van der Waals surface area contributed by atoms with Gasteiger partial charge in [0.25, 0.3) is 0 Å². The van der Waals surface area contributed by atoms with Gasteiger partial charge in [0.15, 0.2) is 0 Å². The average molecular weight is 177 g/mol. The first-order valence-electron chi connectivity index (χ1n) is 4.00. The molecule has 5 nitrogen and oxygen atoms in total. The van der Waals surface area contributed by atoms with Crippen molar-refractivity contribution < 1.29 is 0 Å². The van der Waals surface area contributed by atoms with Gasteiger partial charge in [0.1, 0.15) is 5.82 Å². The van der Waals surface area contributed by atoms with Gasteiger partial charge in [-0.25, -0.2) is 4.98 Å². The van der Waals surface area contributed by atoms with E-state index in [9.17, 15) is 0 Å². The zero-order chi connectivity index (χ0) is 9.26. The van der Waals surface area contributed by atoms with E-state index in [1.54, 1.807) is 17.2 Å². The van der Waals surface area contributed by atoms with Crippen LogP contribution in [0.15, 0.2) is 24.8 Å². The molecule has 0 radical (unpaired) electrons. The van der Waals surface area contributed by atoms with Crippen molar-refractivity contribution in [3.8, 4) is 0 Å². The second-order valence-corrected chi connectivity index (χ2v) is 2.92. The van der Waals surface area contributed by atoms with E-state index in [0.29, 0.717) is 5.82 Å². The monoisotopic (exact) mass is 177 g/mol. The molecule has 0 amide bonds. The van der Waals surface area contributed by atoms with E-state index in [1.807, 2.05) is 23.9 Å². The largest absolute Gasteiger partial charge is 0.382 e. The van der Waals surface area contributed by atoms with Crippen molar-refractivity contribution in [2.24, 2.45) is 7.05 Å². The summed E-state index contributed by atoms with van der Waals surface area (Å²) in [5.41, 5.74) is 6.62. The highest BCUT2D eigenvalue weighted by Crippen LogP contribution is 2.05. The molecule has 5 heteroatoms. The predicted molar refractivity (Wildman–Crippen MR) is 48.9 cm³/mol. The number of hydrogen-bond acceptors (Lipinski definition) is 3. The second kappa shape index (κ2) is 2.93. The smallest absolute Gasteiger partial charge is 0.145 e. The Kier molecular flexibility index (Phi) is 1.77. The van der Waals surface area contributed by atoms with Crippen LogP contribution in [0, 0.1) is 0 Å². The maximum atomic E-state index is 5.55. The summed E-state index contributed by atoms with van der Waals surface area (Å²) in [6, 6.07) is 1.86. The summed E-state index contributed by atoms with van der Waals surface area (Å²) in [4.78, 5) is 3.96. The summed E-state index contributed by atoms with van der Waals surface area (Å²) in [7, 11) is 1.88. The molecular formula is C8H11N5. The minimum absolute atomic E-state index is 0.553. The van der Waals surface area contributed by atoms with Crippen LogP contribution in [0.3, 0.4) is 0 Å². The van der Waals surface area contributed by atoms with Crippen molar-refractivity contribution in [1.29, 1.82) is 0 Å². The molecule has 13 heavy (non-hydrogen) atoms. The summed E-state index contributed by atoms with van der Waals surface area (Å²) >= 11 is 0. The quantitative estimate of drug-likeness (QED) is 0.715. The normalized spacial score (nSPS) is 10.5. The minimum Gasteiger partial charge on any atom is -0.382 e. The van der Waals surface area contributed by atoms with Gasteiger partial charge in [0, 0.05) is 25.5 Å². The average Bonchev–Trinajstić information content (AvgIpc) is 2.63. The zero-order valence-electron chi connectivity index (χ0n) is 7.38. The van der Waals surface area contributed by atoms with Crippen molar-refractivity contribution in [2.45, 2.75) is 6.54 Å². The van der Waals surface area contributed by atoms with E-state index in [0.717, 1.165) is 12.2 Å². The number of rotatable bonds is 2. The molecule has 0 fully saturated rings. The van der Waals surface area contributed by atoms with Gasteiger partial charge in [0.05, 0.1) is 18.6 Å². The van der Waals surface area contributed by atoms with Gasteiger partial charge < -0.3 is 10.3 Å². The molecule has 2 N–H and O–H groups in total. The third-order valence-corrected chi connectivity index (χ3v) is 1.90. The minimum atomic E-state index is 0.553. The van der Waals surface area contributed by atoms with Crippen LogP contribution >= 0.6 is 0 Å². The highest BCUT2D eigenvalue weighted by molar-refractivity contribution is 5.29. The number of aromatic nitrogens is 4. The van der Waals surface area contributed by atoms with Crippen LogP contribution in [0.5, 0.6) is 0 Å². The van der Waals surface area contributed by atoms with Gasteiger partial charge >= 0.3 is 0 Å². The molecule has 2 aromatic heterocycles. The van der Waals surface area contributed by atoms with Gasteiger partial charge in [-0.05, 0) is 0 Å². The number of hydrogen-bond donors (Lipinski definition) is 1. The predicted octanol–water partition coefficient (Wildman–Crippen LogP) is 0.247. The first-order valence-corrected chi connectivity index (χ1v) is 4.00. The standard InChI is InChI=1S/C8H11N5/c1-12-7(4-8(9)11-12)5-13-3-2-10-6-13/h2-4,6H,5H2,1H3,(H2,9,11). The van der Waals surface area contributed by atoms with Crippen LogP contribution in [0.25, 0.3) is 0 Å². The van der Waals surface area contributed by atoms with Gasteiger partial charge in [-0.1, -0.05) is 0 Å². The molecule has 0 aliphatic carbocycles. The topological polar surface area (TPSA) is 61.7 Å². The summed E-state index contributed by atoms with van der Waals surface area (Å²) in [6.07, 6.45) is 5.42. The van der Waals surface area contributed by atoms with Crippen LogP contribution < -0.4 is 5.73 Å². The Labute approximate surface area is 75.8 Å². The molecule has 0 atom stereocenters. The third-order valence-electron chi connectivity index (χ3n) is 1.90. The van der Waals surface area contributed by atoms with Crippen LogP contribution in [0.4, 0.5) is 5.82 Å². The zero-order valence-corrected chi connectivity index (χ0v) is 7.38. The Morgan fingerprint density at radius 3 is 2.92 bits per heavy atom. The summed E-state index contributed by atoms with van der Waals surface area (Å²) in [5, 5.41) is 4.05. The second-order valence-electron chi connectivity index (χ2n) is 2.92. The molecular weight excluding hydrogens is 166 g/mol. The third kappa shape index (κ3) is 1.53. The van der Waals surface area contributed by atoms with E-state index in [1.165, 1.54) is 0 Å². The van der Waals surface area contributed by atoms with Crippen molar-refractivity contribution in [2.75, 3.05) is 5.73 Å². The molecule has 0 aliphatic heterocycles. The molecule has 0 bridgehead atoms. The molecule has 2 rings (SSSR count). The van der Waals surface area contributed by atoms with Crippen LogP contribution in [0.1, 0.15) is 5.69 Å². The molecule has 2 aromatic rings. The van der Waals surface area contributed by atoms with Crippen molar-refractivity contribution >= 4 is 5.82 Å². The molecule has 0 aromatic carbocycles. The fourth-order valence-electron chi connectivity index (χ4n) is 1.25. The summed E-state index contributed by atoms with van der Waals surface area (Å²) in [6.45, 7) is 0.751. The lowest BCUT2D eigenvalue weighted by molar-refractivity contribution is 0.668. The molecule has 2 heterocycles. The number of anilines is 1. The van der Waals surface area contributed by atoms with Gasteiger partial charge in [0.2, 0.25) is 0 Å². The molecule has 0 saturated carbocycles. The maximum absolute atomic E-state index is 5.55. The Hall–Kier alpha value is -1.78. The van der Waals surface area contributed by atoms with Crippen LogP contribution in [0.2, 0.25) is 0 Å². The van der Waals surface area contributed by atoms with Crippen LogP contribution in [-0.4, -0.2) is 19.3 Å². The number of imidazole rings is 1. The maximum Gasteiger partial charge on any atom is 0.145 e. The van der Waals surface area contributed by atoms with Gasteiger partial charge in [-0.3, -0.25) is 4.68 Å². The lowest BCUT2D eigenvalue weighted by atomic mass is 10.4. The fourth-order valence-corrected chi connectivity index (χ4v) is 1.25. The van der Waals surface area contributed by atoms with Crippen molar-refractivity contribution in [3.05, 3.63) is 30.5 Å². The first kappa shape index (κ1) is 7.85. The summed E-state index contributed by atoms with van der Waals surface area (Å²) < 4.78 is 3.74. The number of aryl methyl sites for hydroxylation is 1. The van der Waals surface area contributed by atoms with E-state index >= 15 is 0 Å². The van der Waals surface area contributed by atoms with Gasteiger partial charge in [-0.15, -0.1) is 0 Å². The lowest BCUT2D eigenvalue weighted by Gasteiger charge is -2.01. The van der Waals surface area contributed by atoms with E-state index in [4.69, 9.17) is 5.73 Å². The van der Waals surface area contributed by atoms with E-state index in [2.05, 4.69) is 10.1 Å². The number of nitrogens with zero attached hydrogens (tertiary/aromatic N) is 4. The molecule has 0 saturated heterocycles. The molecule has 0 aliphatic rings. The molecule has 68 valence electrons. The Bertz CT molecular complexity index is 387. The molecule has 0 unspecified atom stereocenters. The van der Waals surface area contributed by atoms with Gasteiger partial charge in [-0.2, -0.15) is 5.10 Å². The highest BCUT2D eigenvalue weighted by Gasteiger charge is 2.01. The van der Waals surface area contributed by atoms with E-state index in [-0.39, 0.29) is 0 Å². The van der Waals surface area contributed by atoms with Crippen LogP contribution in [-0.2, 0) is 13.6 Å². The Morgan fingerprint density at radius 1 is 1.54 bits per heavy atom. The summed E-state index contributed by atoms with van der Waals surface area (Å²) in [5.74, 6) is 0.553. The number of nitrogen functional groups attached to an aromatic ring is 1. The number of nitrogens with two attached hydrogens (primary N) is 1. The lowest BCUT2D eigenvalue weighted by Crippen LogP contribution is -2.03. The Morgan fingerprint density at radius 2 is 2.38 bits per heavy atom. The Balaban J connectivity index is 2.23. The molecule has 0 spiro atoms. The highest BCUT2D eigenvalue weighted by atomic mass is 15.3.